The number of nitrogens with one attached hydrogen (secondary N) is 2. The molecule has 0 spiro atoms. The monoisotopic (exact) mass is 370 g/mol. The fourth-order valence-electron chi connectivity index (χ4n) is 3.38. The molecule has 0 aromatic carbocycles. The van der Waals surface area contributed by atoms with Crippen LogP contribution in [0.15, 0.2) is 30.6 Å². The summed E-state index contributed by atoms with van der Waals surface area (Å²) in [6.45, 7) is 1.18. The second-order valence-corrected chi connectivity index (χ2v) is 6.90. The average molecular weight is 370 g/mol. The van der Waals surface area contributed by atoms with Crippen molar-refractivity contribution in [3.8, 4) is 0 Å². The number of pyridine rings is 1. The van der Waals surface area contributed by atoms with Crippen LogP contribution in [0, 0.1) is 0 Å². The molecule has 1 fully saturated rings. The smallest absolute Gasteiger partial charge is 0.317 e. The molecule has 2 aromatic heterocycles. The molecule has 1 unspecified atom stereocenters. The van der Waals surface area contributed by atoms with E-state index in [0.717, 1.165) is 25.0 Å². The number of H-pyrrole nitrogens is 1. The zero-order valence-electron chi connectivity index (χ0n) is 15.8. The average Bonchev–Trinajstić information content (AvgIpc) is 3.17. The van der Waals surface area contributed by atoms with Crippen LogP contribution in [0.1, 0.15) is 47.1 Å². The third kappa shape index (κ3) is 4.45. The Balaban J connectivity index is 1.67. The Morgan fingerprint density at radius 3 is 2.93 bits per heavy atom. The predicted octanol–water partition coefficient (Wildman–Crippen LogP) is 1.99. The van der Waals surface area contributed by atoms with Crippen molar-refractivity contribution in [3.63, 3.8) is 0 Å². The Kier molecular flexibility index (Phi) is 6.05. The van der Waals surface area contributed by atoms with Crippen LogP contribution in [0.4, 0.5) is 4.79 Å². The van der Waals surface area contributed by atoms with E-state index in [1.807, 2.05) is 23.1 Å². The molecule has 1 atom stereocenters. The van der Waals surface area contributed by atoms with Crippen LogP contribution in [0.2, 0.25) is 0 Å². The summed E-state index contributed by atoms with van der Waals surface area (Å²) in [6.07, 6.45) is 6.75. The summed E-state index contributed by atoms with van der Waals surface area (Å²) in [7, 11) is 3.42. The molecule has 1 aliphatic heterocycles. The number of carbonyl (C=O) groups excluding carboxylic acids is 2. The number of aromatic amines is 1. The molecule has 2 aromatic rings. The highest BCUT2D eigenvalue weighted by molar-refractivity contribution is 5.95. The molecule has 0 aliphatic carbocycles. The van der Waals surface area contributed by atoms with E-state index < -0.39 is 0 Å². The van der Waals surface area contributed by atoms with Gasteiger partial charge in [-0.3, -0.25) is 14.9 Å². The number of piperidine rings is 1. The molecular weight excluding hydrogens is 344 g/mol. The van der Waals surface area contributed by atoms with E-state index in [-0.39, 0.29) is 18.0 Å². The quantitative estimate of drug-likeness (QED) is 0.841. The van der Waals surface area contributed by atoms with Crippen molar-refractivity contribution in [1.82, 2.24) is 30.3 Å². The summed E-state index contributed by atoms with van der Waals surface area (Å²) in [6, 6.07) is 5.46. The zero-order valence-corrected chi connectivity index (χ0v) is 15.8. The molecule has 144 valence electrons. The summed E-state index contributed by atoms with van der Waals surface area (Å²) in [5, 5.41) is 9.99. The molecule has 8 heteroatoms. The Morgan fingerprint density at radius 1 is 1.33 bits per heavy atom. The van der Waals surface area contributed by atoms with Crippen LogP contribution in [-0.2, 0) is 6.42 Å². The summed E-state index contributed by atoms with van der Waals surface area (Å²) >= 11 is 0. The van der Waals surface area contributed by atoms with Gasteiger partial charge in [0.05, 0.1) is 23.5 Å². The van der Waals surface area contributed by atoms with Gasteiger partial charge in [0.25, 0.3) is 5.91 Å². The van der Waals surface area contributed by atoms with E-state index in [1.165, 1.54) is 4.90 Å². The molecule has 0 radical (unpaired) electrons. The maximum Gasteiger partial charge on any atom is 0.317 e. The number of likely N-dealkylation sites (tertiary alicyclic amines) is 1. The summed E-state index contributed by atoms with van der Waals surface area (Å²) in [4.78, 5) is 32.8. The standard InChI is InChI=1S/C19H26N6O2/c1-24(2)18(26)15-13-22-23-17(15)16-8-4-6-12-25(16)19(27)21-11-9-14-7-3-5-10-20-14/h3,5,7,10,13,16H,4,6,8-9,11-12H2,1-2H3,(H,21,27)(H,22,23). The summed E-state index contributed by atoms with van der Waals surface area (Å²) < 4.78 is 0. The SMILES string of the molecule is CN(C)C(=O)c1cn[nH]c1C1CCCCN1C(=O)NCCc1ccccn1. The van der Waals surface area contributed by atoms with Gasteiger partial charge in [-0.2, -0.15) is 5.10 Å². The topological polar surface area (TPSA) is 94.2 Å². The van der Waals surface area contributed by atoms with E-state index in [9.17, 15) is 9.59 Å². The van der Waals surface area contributed by atoms with Crippen molar-refractivity contribution < 1.29 is 9.59 Å². The van der Waals surface area contributed by atoms with Crippen molar-refractivity contribution >= 4 is 11.9 Å². The second-order valence-electron chi connectivity index (χ2n) is 6.90. The van der Waals surface area contributed by atoms with Crippen molar-refractivity contribution in [3.05, 3.63) is 47.5 Å². The first-order valence-corrected chi connectivity index (χ1v) is 9.27. The van der Waals surface area contributed by atoms with Crippen LogP contribution < -0.4 is 5.32 Å². The Hall–Kier alpha value is -2.90. The number of carbonyl (C=O) groups is 2. The minimum Gasteiger partial charge on any atom is -0.345 e. The largest absolute Gasteiger partial charge is 0.345 e. The molecule has 2 N–H and O–H groups in total. The molecule has 1 aliphatic rings. The van der Waals surface area contributed by atoms with Gasteiger partial charge in [0, 0.05) is 45.5 Å². The molecule has 27 heavy (non-hydrogen) atoms. The van der Waals surface area contributed by atoms with E-state index in [1.54, 1.807) is 26.5 Å². The van der Waals surface area contributed by atoms with Gasteiger partial charge in [0.15, 0.2) is 0 Å². The highest BCUT2D eigenvalue weighted by Gasteiger charge is 2.32. The van der Waals surface area contributed by atoms with Crippen LogP contribution in [0.25, 0.3) is 0 Å². The normalized spacial score (nSPS) is 16.8. The number of hydrogen-bond donors (Lipinski definition) is 2. The Morgan fingerprint density at radius 2 is 2.19 bits per heavy atom. The van der Waals surface area contributed by atoms with Gasteiger partial charge >= 0.3 is 6.03 Å². The third-order valence-electron chi connectivity index (χ3n) is 4.79. The van der Waals surface area contributed by atoms with Gasteiger partial charge in [0.1, 0.15) is 0 Å². The fraction of sp³-hybridized carbons (Fsp3) is 0.474. The van der Waals surface area contributed by atoms with Crippen LogP contribution >= 0.6 is 0 Å². The van der Waals surface area contributed by atoms with Crippen molar-refractivity contribution in [2.45, 2.75) is 31.7 Å². The van der Waals surface area contributed by atoms with Crippen LogP contribution in [-0.4, -0.2) is 64.1 Å². The minimum atomic E-state index is -0.171. The number of nitrogens with zero attached hydrogens (tertiary/aromatic N) is 4. The fourth-order valence-corrected chi connectivity index (χ4v) is 3.38. The molecule has 8 nitrogen and oxygen atoms in total. The van der Waals surface area contributed by atoms with Crippen molar-refractivity contribution in [2.24, 2.45) is 0 Å². The van der Waals surface area contributed by atoms with Crippen LogP contribution in [0.5, 0.6) is 0 Å². The number of hydrogen-bond acceptors (Lipinski definition) is 4. The number of urea groups is 1. The lowest BCUT2D eigenvalue weighted by atomic mass is 9.97. The molecule has 1 saturated heterocycles. The third-order valence-corrected chi connectivity index (χ3v) is 4.79. The second kappa shape index (κ2) is 8.66. The maximum atomic E-state index is 12.8. The van der Waals surface area contributed by atoms with Gasteiger partial charge in [-0.05, 0) is 31.4 Å². The summed E-state index contributed by atoms with van der Waals surface area (Å²) in [5.41, 5.74) is 2.19. The highest BCUT2D eigenvalue weighted by Crippen LogP contribution is 2.31. The van der Waals surface area contributed by atoms with Crippen molar-refractivity contribution in [2.75, 3.05) is 27.2 Å². The van der Waals surface area contributed by atoms with E-state index in [4.69, 9.17) is 0 Å². The Labute approximate surface area is 159 Å². The van der Waals surface area contributed by atoms with Gasteiger partial charge in [-0.25, -0.2) is 4.79 Å². The lowest BCUT2D eigenvalue weighted by Gasteiger charge is -2.35. The van der Waals surface area contributed by atoms with Gasteiger partial charge in [-0.1, -0.05) is 6.07 Å². The first kappa shape index (κ1) is 18.9. The van der Waals surface area contributed by atoms with Gasteiger partial charge < -0.3 is 15.1 Å². The lowest BCUT2D eigenvalue weighted by Crippen LogP contribution is -2.45. The number of amides is 3. The van der Waals surface area contributed by atoms with Crippen molar-refractivity contribution in [1.29, 1.82) is 0 Å². The Bertz CT molecular complexity index is 774. The maximum absolute atomic E-state index is 12.8. The molecule has 3 amide bonds. The zero-order chi connectivity index (χ0) is 19.2. The number of aromatic nitrogens is 3. The van der Waals surface area contributed by atoms with E-state index in [2.05, 4.69) is 20.5 Å². The molecule has 3 heterocycles. The highest BCUT2D eigenvalue weighted by atomic mass is 16.2. The first-order valence-electron chi connectivity index (χ1n) is 9.27. The first-order chi connectivity index (χ1) is 13.1. The van der Waals surface area contributed by atoms with E-state index >= 15 is 0 Å². The molecule has 0 bridgehead atoms. The lowest BCUT2D eigenvalue weighted by molar-refractivity contribution is 0.0821. The summed E-state index contributed by atoms with van der Waals surface area (Å²) in [5.74, 6) is -0.111. The molecule has 0 saturated carbocycles. The van der Waals surface area contributed by atoms with Gasteiger partial charge in [-0.15, -0.1) is 0 Å². The minimum absolute atomic E-state index is 0.111. The van der Waals surface area contributed by atoms with Crippen LogP contribution in [0.3, 0.4) is 0 Å². The predicted molar refractivity (Wildman–Crippen MR) is 101 cm³/mol. The molecule has 3 rings (SSSR count). The van der Waals surface area contributed by atoms with E-state index in [0.29, 0.717) is 30.8 Å². The van der Waals surface area contributed by atoms with Gasteiger partial charge in [0.2, 0.25) is 0 Å². The molecular formula is C19H26N6O2. The number of rotatable bonds is 5.